The lowest BCUT2D eigenvalue weighted by molar-refractivity contribution is 0.671. The Bertz CT molecular complexity index is 6500. The first-order chi connectivity index (χ1) is 49.6. The van der Waals surface area contributed by atoms with Crippen LogP contribution in [0.15, 0.2) is 374 Å². The Balaban J connectivity index is 0.760. The van der Waals surface area contributed by atoms with Crippen LogP contribution in [-0.4, -0.2) is 13.7 Å². The molecule has 0 amide bonds. The number of hydrogen-bond acceptors (Lipinski definition) is 1. The fraction of sp³-hybridized carbons (Fsp3) is 0. The van der Waals surface area contributed by atoms with Gasteiger partial charge in [0.15, 0.2) is 5.58 Å². The van der Waals surface area contributed by atoms with E-state index in [0.717, 1.165) is 144 Å². The first kappa shape index (κ1) is 57.0. The van der Waals surface area contributed by atoms with Gasteiger partial charge in [0, 0.05) is 60.2 Å². The fourth-order valence-electron chi connectivity index (χ4n) is 15.9. The first-order valence-corrected chi connectivity index (χ1v) is 34.4. The third kappa shape index (κ3) is 9.45. The van der Waals surface area contributed by atoms with Crippen molar-refractivity contribution in [3.63, 3.8) is 0 Å². The molecule has 0 saturated heterocycles. The summed E-state index contributed by atoms with van der Waals surface area (Å²) in [5, 5.41) is 9.28. The molecule has 0 atom stereocenters. The lowest BCUT2D eigenvalue weighted by Crippen LogP contribution is -1.97. The van der Waals surface area contributed by atoms with E-state index in [-0.39, 0.29) is 0 Å². The van der Waals surface area contributed by atoms with E-state index in [1.54, 1.807) is 0 Å². The van der Waals surface area contributed by atoms with E-state index in [4.69, 9.17) is 4.42 Å². The van der Waals surface area contributed by atoms with E-state index in [2.05, 4.69) is 384 Å². The maximum atomic E-state index is 7.26. The second-order valence-electron chi connectivity index (χ2n) is 26.4. The van der Waals surface area contributed by atoms with Crippen LogP contribution in [-0.2, 0) is 0 Å². The number of para-hydroxylation sites is 4. The molecule has 0 aliphatic carbocycles. The van der Waals surface area contributed by atoms with Crippen LogP contribution in [0.1, 0.15) is 0 Å². The minimum Gasteiger partial charge on any atom is -0.454 e. The minimum atomic E-state index is 0.850. The summed E-state index contributed by atoms with van der Waals surface area (Å²) in [6, 6.07) is 136. The Morgan fingerprint density at radius 1 is 0.180 bits per heavy atom. The van der Waals surface area contributed by atoms with E-state index < -0.39 is 0 Å². The molecule has 4 heterocycles. The van der Waals surface area contributed by atoms with Crippen molar-refractivity contribution in [3.8, 4) is 106 Å². The summed E-state index contributed by atoms with van der Waals surface area (Å²) in [7, 11) is 0. The molecular weight excluding hydrogens is 1210 g/mol. The SMILES string of the molecule is c1ccc(-c2cc(-c3ccccc3)cc(-n3c4ccccc4c4ccc(-c5ccc6c7ccccc7n(-c7cc(-c8ccccc8)cc(-c8cccc(-c9cc%10c%11ccccc%11n(-c%11cc(-c%12ccccc%12)cc(-c%12ccccc%12)c%11)c%10c%10oc%11ccccc%11c9%10)c8)c7)c6c5)cc43)c2)cc1. The number of fused-ring (bicyclic) bond motifs is 13. The molecule has 466 valence electrons. The van der Waals surface area contributed by atoms with Crippen LogP contribution in [0, 0.1) is 0 Å². The highest BCUT2D eigenvalue weighted by Gasteiger charge is 2.25. The molecule has 0 aliphatic heterocycles. The Hall–Kier alpha value is -13.3. The molecular formula is C96H61N3O. The third-order valence-corrected chi connectivity index (χ3v) is 20.5. The average Bonchev–Trinajstić information content (AvgIpc) is 1.55. The van der Waals surface area contributed by atoms with E-state index in [9.17, 15) is 0 Å². The zero-order valence-corrected chi connectivity index (χ0v) is 54.5. The van der Waals surface area contributed by atoms with Crippen LogP contribution in [0.2, 0.25) is 0 Å². The molecule has 16 aromatic carbocycles. The van der Waals surface area contributed by atoms with Crippen molar-refractivity contribution in [2.45, 2.75) is 0 Å². The Kier molecular flexibility index (Phi) is 13.2. The molecule has 4 aromatic heterocycles. The van der Waals surface area contributed by atoms with Gasteiger partial charge in [0.1, 0.15) is 5.58 Å². The highest BCUT2D eigenvalue weighted by atomic mass is 16.3. The zero-order valence-electron chi connectivity index (χ0n) is 54.5. The number of hydrogen-bond donors (Lipinski definition) is 0. The number of aromatic nitrogens is 3. The number of benzene rings is 16. The Morgan fingerprint density at radius 2 is 0.490 bits per heavy atom. The molecule has 0 aliphatic rings. The van der Waals surface area contributed by atoms with Crippen LogP contribution < -0.4 is 0 Å². The standard InChI is InChI=1S/C96H61N3O/c1-6-25-62(26-7-1)71-50-72(63-27-8-2-9-28-63)54-77(53-71)97-88-41-20-16-37-80(88)83-47-45-68(59-91(83)97)69-46-48-84-81-38-17-21-42-89(81)98(92(84)60-69)78-55-75(66-33-14-5-15-34-66)52-76(58-78)67-35-24-36-70(49-67)86-61-87-82-39-18-22-43-90(82)99(95(87)96-94(86)85-40-19-23-44-93(85)100-96)79-56-73(64-29-10-3-11-30-64)51-74(57-79)65-31-12-4-13-32-65/h1-61H. The summed E-state index contributed by atoms with van der Waals surface area (Å²) >= 11 is 0. The van der Waals surface area contributed by atoms with Gasteiger partial charge in [-0.1, -0.05) is 267 Å². The van der Waals surface area contributed by atoms with Gasteiger partial charge in [-0.05, 0) is 192 Å². The second-order valence-corrected chi connectivity index (χ2v) is 26.4. The van der Waals surface area contributed by atoms with Gasteiger partial charge in [-0.2, -0.15) is 0 Å². The summed E-state index contributed by atoms with van der Waals surface area (Å²) in [6.07, 6.45) is 0. The van der Waals surface area contributed by atoms with E-state index in [1.165, 1.54) is 49.3 Å². The number of rotatable bonds is 11. The number of nitrogens with zero attached hydrogens (tertiary/aromatic N) is 3. The van der Waals surface area contributed by atoms with Gasteiger partial charge >= 0.3 is 0 Å². The normalized spacial score (nSPS) is 11.8. The largest absolute Gasteiger partial charge is 0.454 e. The molecule has 0 radical (unpaired) electrons. The summed E-state index contributed by atoms with van der Waals surface area (Å²) in [5.41, 5.74) is 30.1. The van der Waals surface area contributed by atoms with Crippen molar-refractivity contribution < 1.29 is 4.42 Å². The third-order valence-electron chi connectivity index (χ3n) is 20.5. The van der Waals surface area contributed by atoms with Crippen molar-refractivity contribution in [2.24, 2.45) is 0 Å². The molecule has 4 nitrogen and oxygen atoms in total. The zero-order chi connectivity index (χ0) is 65.8. The Labute approximate surface area is 578 Å². The van der Waals surface area contributed by atoms with Crippen molar-refractivity contribution in [3.05, 3.63) is 370 Å². The molecule has 0 N–H and O–H groups in total. The van der Waals surface area contributed by atoms with Gasteiger partial charge in [0.25, 0.3) is 0 Å². The lowest BCUT2D eigenvalue weighted by atomic mass is 9.93. The van der Waals surface area contributed by atoms with Crippen LogP contribution in [0.5, 0.6) is 0 Å². The molecule has 100 heavy (non-hydrogen) atoms. The first-order valence-electron chi connectivity index (χ1n) is 34.4. The highest BCUT2D eigenvalue weighted by Crippen LogP contribution is 2.48. The van der Waals surface area contributed by atoms with Gasteiger partial charge in [0.2, 0.25) is 0 Å². The quantitative estimate of drug-likeness (QED) is 0.127. The number of furan rings is 1. The van der Waals surface area contributed by atoms with Crippen LogP contribution in [0.4, 0.5) is 0 Å². The highest BCUT2D eigenvalue weighted by molar-refractivity contribution is 6.26. The second kappa shape index (κ2) is 23.2. The maximum Gasteiger partial charge on any atom is 0.160 e. The molecule has 0 bridgehead atoms. The molecule has 0 fully saturated rings. The van der Waals surface area contributed by atoms with Crippen molar-refractivity contribution >= 4 is 87.4 Å². The lowest BCUT2D eigenvalue weighted by Gasteiger charge is -2.16. The molecule has 20 aromatic rings. The summed E-state index contributed by atoms with van der Waals surface area (Å²) in [5.74, 6) is 0. The minimum absolute atomic E-state index is 0.850. The summed E-state index contributed by atoms with van der Waals surface area (Å²) < 4.78 is 14.7. The van der Waals surface area contributed by atoms with Crippen molar-refractivity contribution in [2.75, 3.05) is 0 Å². The summed E-state index contributed by atoms with van der Waals surface area (Å²) in [6.45, 7) is 0. The van der Waals surface area contributed by atoms with E-state index in [1.807, 2.05) is 0 Å². The Morgan fingerprint density at radius 3 is 0.930 bits per heavy atom. The van der Waals surface area contributed by atoms with Gasteiger partial charge < -0.3 is 18.1 Å². The van der Waals surface area contributed by atoms with Crippen molar-refractivity contribution in [1.29, 1.82) is 0 Å². The fourth-order valence-corrected chi connectivity index (χ4v) is 15.9. The molecule has 4 heteroatoms. The van der Waals surface area contributed by atoms with E-state index in [0.29, 0.717) is 0 Å². The predicted octanol–water partition coefficient (Wildman–Crippen LogP) is 26.2. The monoisotopic (exact) mass is 1270 g/mol. The van der Waals surface area contributed by atoms with Crippen LogP contribution in [0.25, 0.3) is 193 Å². The smallest absolute Gasteiger partial charge is 0.160 e. The van der Waals surface area contributed by atoms with Crippen LogP contribution >= 0.6 is 0 Å². The van der Waals surface area contributed by atoms with Gasteiger partial charge in [0.05, 0.1) is 33.1 Å². The molecule has 0 saturated carbocycles. The molecule has 20 rings (SSSR count). The van der Waals surface area contributed by atoms with Gasteiger partial charge in [-0.25, -0.2) is 0 Å². The maximum absolute atomic E-state index is 7.26. The topological polar surface area (TPSA) is 27.9 Å². The van der Waals surface area contributed by atoms with Gasteiger partial charge in [-0.15, -0.1) is 0 Å². The van der Waals surface area contributed by atoms with E-state index >= 15 is 0 Å². The summed E-state index contributed by atoms with van der Waals surface area (Å²) in [4.78, 5) is 0. The molecule has 0 spiro atoms. The van der Waals surface area contributed by atoms with Gasteiger partial charge in [-0.3, -0.25) is 0 Å². The molecule has 0 unspecified atom stereocenters. The predicted molar refractivity (Wildman–Crippen MR) is 420 cm³/mol. The average molecular weight is 1270 g/mol. The van der Waals surface area contributed by atoms with Crippen molar-refractivity contribution in [1.82, 2.24) is 13.7 Å². The van der Waals surface area contributed by atoms with Crippen LogP contribution in [0.3, 0.4) is 0 Å².